The molecule has 0 atom stereocenters. The molecular formula is C12H11N3O5. The molecule has 1 aromatic carbocycles. The van der Waals surface area contributed by atoms with E-state index in [1.165, 1.54) is 7.05 Å². The minimum absolute atomic E-state index is 0.0835. The van der Waals surface area contributed by atoms with Crippen LogP contribution in [0.25, 0.3) is 0 Å². The molecule has 0 fully saturated rings. The number of rotatable bonds is 4. The van der Waals surface area contributed by atoms with E-state index in [0.29, 0.717) is 17.2 Å². The second kappa shape index (κ2) is 5.08. The van der Waals surface area contributed by atoms with Crippen LogP contribution in [0.2, 0.25) is 0 Å². The van der Waals surface area contributed by atoms with Crippen molar-refractivity contribution in [3.8, 4) is 17.2 Å². The lowest BCUT2D eigenvalue weighted by Gasteiger charge is -2.03. The van der Waals surface area contributed by atoms with Crippen LogP contribution in [0.4, 0.5) is 0 Å². The molecule has 2 aromatic rings. The van der Waals surface area contributed by atoms with Crippen molar-refractivity contribution in [2.45, 2.75) is 6.61 Å². The molecule has 0 radical (unpaired) electrons. The van der Waals surface area contributed by atoms with E-state index in [1.807, 2.05) is 0 Å². The second-order valence-electron chi connectivity index (χ2n) is 3.90. The number of hydrogen-bond donors (Lipinski definition) is 1. The molecule has 0 spiro atoms. The SMILES string of the molecule is CNC(=O)c1nc(COc2ccc3c(c2)OCO3)no1. The van der Waals surface area contributed by atoms with E-state index in [-0.39, 0.29) is 25.1 Å². The van der Waals surface area contributed by atoms with Gasteiger partial charge in [-0.05, 0) is 12.1 Å². The molecule has 3 rings (SSSR count). The van der Waals surface area contributed by atoms with Gasteiger partial charge in [-0.25, -0.2) is 0 Å². The molecule has 104 valence electrons. The fraction of sp³-hybridized carbons (Fsp3) is 0.250. The van der Waals surface area contributed by atoms with Crippen molar-refractivity contribution in [2.24, 2.45) is 0 Å². The van der Waals surface area contributed by atoms with Crippen molar-refractivity contribution in [3.63, 3.8) is 0 Å². The number of hydrogen-bond acceptors (Lipinski definition) is 7. The first-order valence-electron chi connectivity index (χ1n) is 5.83. The summed E-state index contributed by atoms with van der Waals surface area (Å²) in [6, 6.07) is 5.21. The molecule has 1 aromatic heterocycles. The average molecular weight is 277 g/mol. The van der Waals surface area contributed by atoms with Crippen LogP contribution in [0.5, 0.6) is 17.2 Å². The Balaban J connectivity index is 1.64. The highest BCUT2D eigenvalue weighted by atomic mass is 16.7. The van der Waals surface area contributed by atoms with Crippen molar-refractivity contribution in [1.29, 1.82) is 0 Å². The summed E-state index contributed by atoms with van der Waals surface area (Å²) in [5.74, 6) is 1.63. The molecule has 1 aliphatic heterocycles. The van der Waals surface area contributed by atoms with Gasteiger partial charge in [0.25, 0.3) is 0 Å². The molecule has 0 aliphatic carbocycles. The van der Waals surface area contributed by atoms with Crippen LogP contribution in [-0.4, -0.2) is 29.9 Å². The Morgan fingerprint density at radius 2 is 2.25 bits per heavy atom. The summed E-state index contributed by atoms with van der Waals surface area (Å²) >= 11 is 0. The maximum Gasteiger partial charge on any atom is 0.316 e. The molecule has 0 saturated heterocycles. The van der Waals surface area contributed by atoms with Crippen LogP contribution in [0, 0.1) is 0 Å². The molecule has 0 bridgehead atoms. The van der Waals surface area contributed by atoms with Gasteiger partial charge in [-0.1, -0.05) is 5.16 Å². The number of ether oxygens (including phenoxy) is 3. The van der Waals surface area contributed by atoms with Gasteiger partial charge in [-0.2, -0.15) is 4.98 Å². The Bertz CT molecular complexity index is 640. The van der Waals surface area contributed by atoms with Gasteiger partial charge in [0.15, 0.2) is 18.1 Å². The molecule has 2 heterocycles. The van der Waals surface area contributed by atoms with E-state index < -0.39 is 5.91 Å². The summed E-state index contributed by atoms with van der Waals surface area (Å²) in [7, 11) is 1.48. The fourth-order valence-electron chi connectivity index (χ4n) is 1.63. The lowest BCUT2D eigenvalue weighted by atomic mass is 10.3. The van der Waals surface area contributed by atoms with Crippen molar-refractivity contribution in [3.05, 3.63) is 29.9 Å². The highest BCUT2D eigenvalue weighted by Crippen LogP contribution is 2.35. The minimum atomic E-state index is -0.438. The molecule has 20 heavy (non-hydrogen) atoms. The molecule has 1 aliphatic rings. The zero-order valence-corrected chi connectivity index (χ0v) is 10.6. The first-order chi connectivity index (χ1) is 9.76. The molecule has 8 nitrogen and oxygen atoms in total. The lowest BCUT2D eigenvalue weighted by Crippen LogP contribution is -2.18. The largest absolute Gasteiger partial charge is 0.485 e. The number of carbonyl (C=O) groups excluding carboxylic acids is 1. The highest BCUT2D eigenvalue weighted by molar-refractivity contribution is 5.89. The van der Waals surface area contributed by atoms with Gasteiger partial charge in [-0.15, -0.1) is 0 Å². The first-order valence-corrected chi connectivity index (χ1v) is 5.83. The van der Waals surface area contributed by atoms with Gasteiger partial charge in [0.1, 0.15) is 5.75 Å². The zero-order valence-electron chi connectivity index (χ0n) is 10.6. The van der Waals surface area contributed by atoms with Crippen molar-refractivity contribution in [2.75, 3.05) is 13.8 Å². The Kier molecular flexibility index (Phi) is 3.12. The van der Waals surface area contributed by atoms with E-state index >= 15 is 0 Å². The summed E-state index contributed by atoms with van der Waals surface area (Å²) in [5.41, 5.74) is 0. The van der Waals surface area contributed by atoms with Gasteiger partial charge < -0.3 is 24.1 Å². The predicted molar refractivity (Wildman–Crippen MR) is 64.6 cm³/mol. The van der Waals surface area contributed by atoms with Crippen LogP contribution in [-0.2, 0) is 6.61 Å². The van der Waals surface area contributed by atoms with E-state index in [2.05, 4.69) is 15.5 Å². The normalized spacial score (nSPS) is 12.2. The first kappa shape index (κ1) is 12.3. The van der Waals surface area contributed by atoms with Crippen LogP contribution in [0.15, 0.2) is 22.7 Å². The van der Waals surface area contributed by atoms with Crippen LogP contribution < -0.4 is 19.5 Å². The molecule has 8 heteroatoms. The van der Waals surface area contributed by atoms with E-state index in [4.69, 9.17) is 18.7 Å². The number of benzene rings is 1. The molecule has 0 saturated carbocycles. The molecule has 1 N–H and O–H groups in total. The zero-order chi connectivity index (χ0) is 13.9. The quantitative estimate of drug-likeness (QED) is 0.880. The number of carbonyl (C=O) groups is 1. The van der Waals surface area contributed by atoms with Crippen molar-refractivity contribution >= 4 is 5.91 Å². The summed E-state index contributed by atoms with van der Waals surface area (Å²) in [4.78, 5) is 15.1. The Morgan fingerprint density at radius 1 is 1.40 bits per heavy atom. The summed E-state index contributed by atoms with van der Waals surface area (Å²) < 4.78 is 20.7. The Morgan fingerprint density at radius 3 is 3.10 bits per heavy atom. The van der Waals surface area contributed by atoms with Gasteiger partial charge >= 0.3 is 11.8 Å². The summed E-state index contributed by atoms with van der Waals surface area (Å²) in [5, 5.41) is 6.04. The third kappa shape index (κ3) is 2.35. The minimum Gasteiger partial charge on any atom is -0.485 e. The van der Waals surface area contributed by atoms with Crippen molar-refractivity contribution < 1.29 is 23.5 Å². The van der Waals surface area contributed by atoms with Crippen LogP contribution in [0.3, 0.4) is 0 Å². The summed E-state index contributed by atoms with van der Waals surface area (Å²) in [6.07, 6.45) is 0. The monoisotopic (exact) mass is 277 g/mol. The Hall–Kier alpha value is -2.77. The van der Waals surface area contributed by atoms with E-state index in [0.717, 1.165) is 0 Å². The van der Waals surface area contributed by atoms with E-state index in [1.54, 1.807) is 18.2 Å². The third-order valence-corrected chi connectivity index (χ3v) is 2.60. The number of amides is 1. The maximum absolute atomic E-state index is 11.3. The molecule has 1 amide bonds. The predicted octanol–water partition coefficient (Wildman–Crippen LogP) is 0.737. The van der Waals surface area contributed by atoms with Gasteiger partial charge in [0.2, 0.25) is 12.6 Å². The maximum atomic E-state index is 11.3. The number of nitrogens with zero attached hydrogens (tertiary/aromatic N) is 2. The fourth-order valence-corrected chi connectivity index (χ4v) is 1.63. The highest BCUT2D eigenvalue weighted by Gasteiger charge is 2.15. The van der Waals surface area contributed by atoms with E-state index in [9.17, 15) is 4.79 Å². The second-order valence-corrected chi connectivity index (χ2v) is 3.90. The smallest absolute Gasteiger partial charge is 0.316 e. The standard InChI is InChI=1S/C12H11N3O5/c1-13-11(16)12-14-10(15-20-12)5-17-7-2-3-8-9(4-7)19-6-18-8/h2-4H,5-6H2,1H3,(H,13,16). The topological polar surface area (TPSA) is 95.7 Å². The Labute approximate surface area is 113 Å². The lowest BCUT2D eigenvalue weighted by molar-refractivity contribution is 0.0919. The number of fused-ring (bicyclic) bond motifs is 1. The number of nitrogens with one attached hydrogen (secondary N) is 1. The molecule has 0 unspecified atom stereocenters. The third-order valence-electron chi connectivity index (χ3n) is 2.60. The van der Waals surface area contributed by atoms with Gasteiger partial charge in [0.05, 0.1) is 0 Å². The molecular weight excluding hydrogens is 266 g/mol. The number of aromatic nitrogens is 2. The van der Waals surface area contributed by atoms with Gasteiger partial charge in [-0.3, -0.25) is 4.79 Å². The van der Waals surface area contributed by atoms with Gasteiger partial charge in [0, 0.05) is 13.1 Å². The van der Waals surface area contributed by atoms with Crippen molar-refractivity contribution in [1.82, 2.24) is 15.5 Å². The average Bonchev–Trinajstić information content (AvgIpc) is 3.12. The van der Waals surface area contributed by atoms with Crippen LogP contribution in [0.1, 0.15) is 16.5 Å². The summed E-state index contributed by atoms with van der Waals surface area (Å²) in [6.45, 7) is 0.291. The van der Waals surface area contributed by atoms with Crippen LogP contribution >= 0.6 is 0 Å².